The molecule has 1 saturated heterocycles. The summed E-state index contributed by atoms with van der Waals surface area (Å²) in [5, 5.41) is 3.15. The summed E-state index contributed by atoms with van der Waals surface area (Å²) in [4.78, 5) is 27.3. The highest BCUT2D eigenvalue weighted by Gasteiger charge is 2.32. The molecule has 1 aliphatic heterocycles. The van der Waals surface area contributed by atoms with E-state index in [-0.39, 0.29) is 11.9 Å². The number of benzene rings is 1. The maximum Gasteiger partial charge on any atom is 0.254 e. The van der Waals surface area contributed by atoms with Crippen LogP contribution in [0.4, 0.5) is 5.82 Å². The average molecular weight is 335 g/mol. The van der Waals surface area contributed by atoms with E-state index in [2.05, 4.69) is 15.3 Å². The third kappa shape index (κ3) is 2.95. The van der Waals surface area contributed by atoms with Gasteiger partial charge in [0.1, 0.15) is 11.6 Å². The number of hydrogen-bond acceptors (Lipinski definition) is 4. The zero-order chi connectivity index (χ0) is 17.2. The first-order valence-corrected chi connectivity index (χ1v) is 8.72. The van der Waals surface area contributed by atoms with E-state index in [9.17, 15) is 4.79 Å². The molecule has 1 aromatic carbocycles. The van der Waals surface area contributed by atoms with Gasteiger partial charge >= 0.3 is 0 Å². The lowest BCUT2D eigenvalue weighted by atomic mass is 10.2. The Hall–Kier alpha value is -2.89. The molecule has 3 aromatic rings. The molecule has 1 atom stereocenters. The molecular formula is C19H21N5O. The largest absolute Gasteiger partial charge is 0.370 e. The van der Waals surface area contributed by atoms with Crippen LogP contribution >= 0.6 is 0 Å². The Balaban J connectivity index is 1.62. The third-order valence-corrected chi connectivity index (χ3v) is 4.60. The molecule has 3 heterocycles. The quantitative estimate of drug-likeness (QED) is 0.767. The van der Waals surface area contributed by atoms with Crippen molar-refractivity contribution in [2.45, 2.75) is 25.8 Å². The average Bonchev–Trinajstić information content (AvgIpc) is 3.28. The van der Waals surface area contributed by atoms with E-state index < -0.39 is 0 Å². The normalized spacial score (nSPS) is 17.2. The van der Waals surface area contributed by atoms with Crippen molar-refractivity contribution in [1.82, 2.24) is 19.9 Å². The SMILES string of the molecule is CCNc1cc(C(=O)N2CCC[C@@H]2c2nc3ccccc3[nH]2)ccn1. The number of aromatic nitrogens is 3. The first-order chi connectivity index (χ1) is 12.3. The van der Waals surface area contributed by atoms with Gasteiger partial charge in [-0.25, -0.2) is 9.97 Å². The standard InChI is InChI=1S/C19H21N5O/c1-2-20-17-12-13(9-10-21-17)19(25)24-11-5-8-16(24)18-22-14-6-3-4-7-15(14)23-18/h3-4,6-7,9-10,12,16H,2,5,8,11H2,1H3,(H,20,21)(H,22,23)/t16-/m1/s1. The van der Waals surface area contributed by atoms with Gasteiger partial charge in [-0.05, 0) is 44.0 Å². The molecule has 4 rings (SSSR count). The minimum Gasteiger partial charge on any atom is -0.370 e. The number of rotatable bonds is 4. The van der Waals surface area contributed by atoms with Crippen LogP contribution in [0.2, 0.25) is 0 Å². The lowest BCUT2D eigenvalue weighted by Crippen LogP contribution is -2.31. The van der Waals surface area contributed by atoms with E-state index in [4.69, 9.17) is 4.98 Å². The van der Waals surface area contributed by atoms with Crippen molar-refractivity contribution in [1.29, 1.82) is 0 Å². The van der Waals surface area contributed by atoms with Gasteiger partial charge in [-0.3, -0.25) is 4.79 Å². The second-order valence-corrected chi connectivity index (χ2v) is 6.26. The number of H-pyrrole nitrogens is 1. The summed E-state index contributed by atoms with van der Waals surface area (Å²) in [5.74, 6) is 1.63. The third-order valence-electron chi connectivity index (χ3n) is 4.60. The molecular weight excluding hydrogens is 314 g/mol. The zero-order valence-corrected chi connectivity index (χ0v) is 14.2. The minimum absolute atomic E-state index is 0.00403. The number of nitrogens with zero attached hydrogens (tertiary/aromatic N) is 3. The number of carbonyl (C=O) groups is 1. The number of para-hydroxylation sites is 2. The van der Waals surface area contributed by atoms with Crippen LogP contribution in [0.15, 0.2) is 42.6 Å². The predicted octanol–water partition coefficient (Wildman–Crippen LogP) is 3.37. The van der Waals surface area contributed by atoms with Crippen molar-refractivity contribution in [3.05, 3.63) is 54.0 Å². The summed E-state index contributed by atoms with van der Waals surface area (Å²) in [7, 11) is 0. The number of likely N-dealkylation sites (tertiary alicyclic amines) is 1. The zero-order valence-electron chi connectivity index (χ0n) is 14.2. The van der Waals surface area contributed by atoms with E-state index in [0.717, 1.165) is 48.6 Å². The highest BCUT2D eigenvalue weighted by Crippen LogP contribution is 2.32. The molecule has 2 aromatic heterocycles. The van der Waals surface area contributed by atoms with Gasteiger partial charge in [-0.15, -0.1) is 0 Å². The number of amides is 1. The molecule has 2 N–H and O–H groups in total. The minimum atomic E-state index is -0.00403. The lowest BCUT2D eigenvalue weighted by molar-refractivity contribution is 0.0730. The summed E-state index contributed by atoms with van der Waals surface area (Å²) in [6, 6.07) is 11.6. The van der Waals surface area contributed by atoms with Crippen molar-refractivity contribution >= 4 is 22.8 Å². The van der Waals surface area contributed by atoms with Crippen LogP contribution in [0, 0.1) is 0 Å². The molecule has 6 heteroatoms. The monoisotopic (exact) mass is 335 g/mol. The fourth-order valence-electron chi connectivity index (χ4n) is 3.43. The second kappa shape index (κ2) is 6.55. The van der Waals surface area contributed by atoms with Crippen molar-refractivity contribution in [2.75, 3.05) is 18.4 Å². The Labute approximate surface area is 146 Å². The van der Waals surface area contributed by atoms with Crippen LogP contribution < -0.4 is 5.32 Å². The number of carbonyl (C=O) groups excluding carboxylic acids is 1. The van der Waals surface area contributed by atoms with Gasteiger partial charge in [0.15, 0.2) is 0 Å². The van der Waals surface area contributed by atoms with Crippen molar-refractivity contribution in [3.63, 3.8) is 0 Å². The van der Waals surface area contributed by atoms with Gasteiger partial charge in [-0.2, -0.15) is 0 Å². The number of aromatic amines is 1. The van der Waals surface area contributed by atoms with E-state index in [0.29, 0.717) is 5.56 Å². The van der Waals surface area contributed by atoms with Crippen molar-refractivity contribution in [2.24, 2.45) is 0 Å². The summed E-state index contributed by atoms with van der Waals surface area (Å²) < 4.78 is 0. The number of fused-ring (bicyclic) bond motifs is 1. The van der Waals surface area contributed by atoms with E-state index >= 15 is 0 Å². The fourth-order valence-corrected chi connectivity index (χ4v) is 3.43. The molecule has 1 amide bonds. The van der Waals surface area contributed by atoms with E-state index in [1.807, 2.05) is 42.2 Å². The summed E-state index contributed by atoms with van der Waals surface area (Å²) in [5.41, 5.74) is 2.61. The fraction of sp³-hybridized carbons (Fsp3) is 0.316. The van der Waals surface area contributed by atoms with Crippen LogP contribution in [-0.2, 0) is 0 Å². The molecule has 0 saturated carbocycles. The number of hydrogen-bond donors (Lipinski definition) is 2. The summed E-state index contributed by atoms with van der Waals surface area (Å²) >= 11 is 0. The second-order valence-electron chi connectivity index (χ2n) is 6.26. The van der Waals surface area contributed by atoms with Crippen LogP contribution in [0.25, 0.3) is 11.0 Å². The molecule has 1 aliphatic rings. The van der Waals surface area contributed by atoms with Gasteiger partial charge in [-0.1, -0.05) is 12.1 Å². The van der Waals surface area contributed by atoms with Gasteiger partial charge in [0.05, 0.1) is 17.1 Å². The number of pyridine rings is 1. The highest BCUT2D eigenvalue weighted by molar-refractivity contribution is 5.95. The molecule has 25 heavy (non-hydrogen) atoms. The summed E-state index contributed by atoms with van der Waals surface area (Å²) in [6.45, 7) is 3.53. The number of nitrogens with one attached hydrogen (secondary N) is 2. The maximum absolute atomic E-state index is 13.0. The highest BCUT2D eigenvalue weighted by atomic mass is 16.2. The Bertz CT molecular complexity index is 870. The van der Waals surface area contributed by atoms with Crippen LogP contribution in [0.5, 0.6) is 0 Å². The van der Waals surface area contributed by atoms with Gasteiger partial charge in [0.25, 0.3) is 5.91 Å². The molecule has 0 spiro atoms. The summed E-state index contributed by atoms with van der Waals surface area (Å²) in [6.07, 6.45) is 3.59. The molecule has 0 bridgehead atoms. The Kier molecular flexibility index (Phi) is 4.09. The lowest BCUT2D eigenvalue weighted by Gasteiger charge is -2.23. The first kappa shape index (κ1) is 15.6. The molecule has 0 aliphatic carbocycles. The first-order valence-electron chi connectivity index (χ1n) is 8.72. The number of anilines is 1. The molecule has 6 nitrogen and oxygen atoms in total. The van der Waals surface area contributed by atoms with Gasteiger partial charge in [0.2, 0.25) is 0 Å². The van der Waals surface area contributed by atoms with E-state index in [1.54, 1.807) is 12.3 Å². The van der Waals surface area contributed by atoms with Crippen molar-refractivity contribution < 1.29 is 4.79 Å². The molecule has 128 valence electrons. The molecule has 0 unspecified atom stereocenters. The van der Waals surface area contributed by atoms with Gasteiger partial charge in [0, 0.05) is 24.8 Å². The van der Waals surface area contributed by atoms with Crippen LogP contribution in [-0.4, -0.2) is 38.8 Å². The topological polar surface area (TPSA) is 73.9 Å². The Morgan fingerprint density at radius 1 is 1.36 bits per heavy atom. The maximum atomic E-state index is 13.0. The van der Waals surface area contributed by atoms with Crippen LogP contribution in [0.1, 0.15) is 42.0 Å². The molecule has 1 fully saturated rings. The van der Waals surface area contributed by atoms with Crippen molar-refractivity contribution in [3.8, 4) is 0 Å². The Morgan fingerprint density at radius 3 is 3.08 bits per heavy atom. The van der Waals surface area contributed by atoms with Gasteiger partial charge < -0.3 is 15.2 Å². The smallest absolute Gasteiger partial charge is 0.254 e. The Morgan fingerprint density at radius 2 is 2.24 bits per heavy atom. The number of imidazole rings is 1. The molecule has 0 radical (unpaired) electrons. The van der Waals surface area contributed by atoms with Crippen LogP contribution in [0.3, 0.4) is 0 Å². The predicted molar refractivity (Wildman–Crippen MR) is 97.5 cm³/mol. The van der Waals surface area contributed by atoms with E-state index in [1.165, 1.54) is 0 Å².